The fourth-order valence-corrected chi connectivity index (χ4v) is 3.19. The van der Waals surface area contributed by atoms with E-state index in [-0.39, 0.29) is 12.3 Å². The van der Waals surface area contributed by atoms with E-state index in [0.717, 1.165) is 10.2 Å². The SMILES string of the molecule is N=c1sc2ccccc2n1CC(=O)c1cccc(Cl)c1. The van der Waals surface area contributed by atoms with Gasteiger partial charge < -0.3 is 4.57 Å². The normalized spacial score (nSPS) is 10.8. The molecule has 0 spiro atoms. The highest BCUT2D eigenvalue weighted by molar-refractivity contribution is 7.16. The predicted molar refractivity (Wildman–Crippen MR) is 81.5 cm³/mol. The molecule has 0 radical (unpaired) electrons. The first kappa shape index (κ1) is 13.1. The quantitative estimate of drug-likeness (QED) is 0.736. The van der Waals surface area contributed by atoms with Crippen molar-refractivity contribution in [3.63, 3.8) is 0 Å². The summed E-state index contributed by atoms with van der Waals surface area (Å²) in [4.78, 5) is 12.7. The third-order valence-corrected chi connectivity index (χ3v) is 4.27. The lowest BCUT2D eigenvalue weighted by Crippen LogP contribution is -2.19. The van der Waals surface area contributed by atoms with Gasteiger partial charge in [0, 0.05) is 10.6 Å². The number of carbonyl (C=O) groups excluding carboxylic acids is 1. The Bertz CT molecular complexity index is 850. The monoisotopic (exact) mass is 302 g/mol. The van der Waals surface area contributed by atoms with Crippen molar-refractivity contribution in [3.8, 4) is 0 Å². The fourth-order valence-electron chi connectivity index (χ4n) is 2.09. The maximum Gasteiger partial charge on any atom is 0.183 e. The van der Waals surface area contributed by atoms with Crippen molar-refractivity contribution in [3.05, 3.63) is 63.9 Å². The molecule has 0 bridgehead atoms. The summed E-state index contributed by atoms with van der Waals surface area (Å²) in [7, 11) is 0. The van der Waals surface area contributed by atoms with Crippen LogP contribution in [0.3, 0.4) is 0 Å². The molecule has 0 unspecified atom stereocenters. The Kier molecular flexibility index (Phi) is 3.42. The number of hydrogen-bond donors (Lipinski definition) is 1. The largest absolute Gasteiger partial charge is 0.309 e. The summed E-state index contributed by atoms with van der Waals surface area (Å²) in [6.45, 7) is 0.156. The number of Topliss-reactive ketones (excluding diaryl/α,β-unsaturated/α-hetero) is 1. The second-order valence-corrected chi connectivity index (χ2v) is 5.86. The van der Waals surface area contributed by atoms with Gasteiger partial charge in [-0.25, -0.2) is 0 Å². The van der Waals surface area contributed by atoms with E-state index in [1.54, 1.807) is 28.8 Å². The maximum absolute atomic E-state index is 12.3. The zero-order chi connectivity index (χ0) is 14.1. The van der Waals surface area contributed by atoms with Gasteiger partial charge in [-0.3, -0.25) is 10.2 Å². The Morgan fingerprint density at radius 2 is 2.00 bits per heavy atom. The molecule has 0 aliphatic rings. The lowest BCUT2D eigenvalue weighted by molar-refractivity contribution is 0.0972. The summed E-state index contributed by atoms with van der Waals surface area (Å²) in [6.07, 6.45) is 0. The first-order valence-corrected chi connectivity index (χ1v) is 7.26. The van der Waals surface area contributed by atoms with Crippen LogP contribution in [0.1, 0.15) is 10.4 Å². The number of fused-ring (bicyclic) bond motifs is 1. The third-order valence-electron chi connectivity index (χ3n) is 3.06. The molecule has 2 aromatic carbocycles. The van der Waals surface area contributed by atoms with E-state index in [0.29, 0.717) is 15.4 Å². The summed E-state index contributed by atoms with van der Waals surface area (Å²) in [5.74, 6) is -0.0467. The van der Waals surface area contributed by atoms with Crippen LogP contribution in [0.5, 0.6) is 0 Å². The molecule has 0 atom stereocenters. The van der Waals surface area contributed by atoms with E-state index in [2.05, 4.69) is 0 Å². The second kappa shape index (κ2) is 5.23. The van der Waals surface area contributed by atoms with Crippen molar-refractivity contribution >= 4 is 38.9 Å². The highest BCUT2D eigenvalue weighted by Gasteiger charge is 2.11. The molecule has 100 valence electrons. The molecule has 1 heterocycles. The van der Waals surface area contributed by atoms with E-state index in [9.17, 15) is 4.79 Å². The van der Waals surface area contributed by atoms with Gasteiger partial charge in [-0.1, -0.05) is 47.2 Å². The van der Waals surface area contributed by atoms with Crippen LogP contribution in [-0.4, -0.2) is 10.4 Å². The van der Waals surface area contributed by atoms with Gasteiger partial charge in [0.1, 0.15) is 0 Å². The predicted octanol–water partition coefficient (Wildman–Crippen LogP) is 3.72. The molecule has 5 heteroatoms. The van der Waals surface area contributed by atoms with Gasteiger partial charge in [-0.15, -0.1) is 0 Å². The highest BCUT2D eigenvalue weighted by atomic mass is 35.5. The van der Waals surface area contributed by atoms with Crippen molar-refractivity contribution in [1.82, 2.24) is 4.57 Å². The molecule has 1 N–H and O–H groups in total. The van der Waals surface area contributed by atoms with Gasteiger partial charge in [0.2, 0.25) is 0 Å². The van der Waals surface area contributed by atoms with Crippen LogP contribution in [-0.2, 0) is 6.54 Å². The number of halogens is 1. The number of nitrogens with one attached hydrogen (secondary N) is 1. The topological polar surface area (TPSA) is 45.9 Å². The molecule has 0 aliphatic carbocycles. The summed E-state index contributed by atoms with van der Waals surface area (Å²) in [5, 5.41) is 8.54. The van der Waals surface area contributed by atoms with Gasteiger partial charge >= 0.3 is 0 Å². The highest BCUT2D eigenvalue weighted by Crippen LogP contribution is 2.17. The van der Waals surface area contributed by atoms with E-state index in [1.165, 1.54) is 11.3 Å². The lowest BCUT2D eigenvalue weighted by Gasteiger charge is -2.04. The second-order valence-electron chi connectivity index (χ2n) is 4.39. The zero-order valence-electron chi connectivity index (χ0n) is 10.5. The Morgan fingerprint density at radius 1 is 1.20 bits per heavy atom. The summed E-state index contributed by atoms with van der Waals surface area (Å²) >= 11 is 7.27. The number of nitrogens with zero attached hydrogens (tertiary/aromatic N) is 1. The number of carbonyl (C=O) groups is 1. The molecule has 3 rings (SSSR count). The molecule has 3 nitrogen and oxygen atoms in total. The molecule has 0 fully saturated rings. The molecule has 20 heavy (non-hydrogen) atoms. The van der Waals surface area contributed by atoms with Gasteiger partial charge in [0.15, 0.2) is 10.6 Å². The first-order valence-electron chi connectivity index (χ1n) is 6.07. The zero-order valence-corrected chi connectivity index (χ0v) is 12.0. The fraction of sp³-hybridized carbons (Fsp3) is 0.0667. The molecular weight excluding hydrogens is 292 g/mol. The number of thiazole rings is 1. The summed E-state index contributed by atoms with van der Waals surface area (Å²) in [6, 6.07) is 14.6. The first-order chi connectivity index (χ1) is 9.65. The molecule has 0 amide bonds. The minimum atomic E-state index is -0.0467. The van der Waals surface area contributed by atoms with Crippen LogP contribution in [0.25, 0.3) is 10.2 Å². The average molecular weight is 303 g/mol. The van der Waals surface area contributed by atoms with Crippen molar-refractivity contribution in [2.45, 2.75) is 6.54 Å². The van der Waals surface area contributed by atoms with Crippen LogP contribution in [0.4, 0.5) is 0 Å². The Hall–Kier alpha value is -1.91. The van der Waals surface area contributed by atoms with Gasteiger partial charge in [-0.2, -0.15) is 0 Å². The van der Waals surface area contributed by atoms with E-state index < -0.39 is 0 Å². The number of ketones is 1. The van der Waals surface area contributed by atoms with Crippen LogP contribution in [0.2, 0.25) is 5.02 Å². The third kappa shape index (κ3) is 2.40. The minimum absolute atomic E-state index is 0.0467. The van der Waals surface area contributed by atoms with Crippen molar-refractivity contribution < 1.29 is 4.79 Å². The molecule has 3 aromatic rings. The number of rotatable bonds is 3. The van der Waals surface area contributed by atoms with Gasteiger partial charge in [0.05, 0.1) is 16.8 Å². The molecule has 0 aliphatic heterocycles. The number of benzene rings is 2. The molecule has 0 saturated carbocycles. The Morgan fingerprint density at radius 3 is 2.80 bits per heavy atom. The van der Waals surface area contributed by atoms with Crippen molar-refractivity contribution in [1.29, 1.82) is 5.41 Å². The standard InChI is InChI=1S/C15H11ClN2OS/c16-11-5-3-4-10(8-11)13(19)9-18-12-6-1-2-7-14(12)20-15(18)17/h1-8,17H,9H2. The summed E-state index contributed by atoms with van der Waals surface area (Å²) < 4.78 is 2.74. The Labute approximate surface area is 124 Å². The number of para-hydroxylation sites is 1. The average Bonchev–Trinajstić information content (AvgIpc) is 2.75. The van der Waals surface area contributed by atoms with Crippen LogP contribution in [0.15, 0.2) is 48.5 Å². The number of aromatic nitrogens is 1. The molecular formula is C15H11ClN2OS. The summed E-state index contributed by atoms with van der Waals surface area (Å²) in [5.41, 5.74) is 1.48. The smallest absolute Gasteiger partial charge is 0.183 e. The van der Waals surface area contributed by atoms with Crippen LogP contribution < -0.4 is 4.80 Å². The maximum atomic E-state index is 12.3. The molecule has 1 aromatic heterocycles. The van der Waals surface area contributed by atoms with Crippen molar-refractivity contribution in [2.75, 3.05) is 0 Å². The van der Waals surface area contributed by atoms with Crippen LogP contribution in [0, 0.1) is 5.41 Å². The minimum Gasteiger partial charge on any atom is -0.309 e. The molecule has 0 saturated heterocycles. The lowest BCUT2D eigenvalue weighted by atomic mass is 10.1. The van der Waals surface area contributed by atoms with Gasteiger partial charge in [-0.05, 0) is 24.3 Å². The van der Waals surface area contributed by atoms with E-state index in [4.69, 9.17) is 17.0 Å². The van der Waals surface area contributed by atoms with Crippen molar-refractivity contribution in [2.24, 2.45) is 0 Å². The van der Waals surface area contributed by atoms with E-state index in [1.807, 2.05) is 24.3 Å². The van der Waals surface area contributed by atoms with Gasteiger partial charge in [0.25, 0.3) is 0 Å². The van der Waals surface area contributed by atoms with Crippen LogP contribution >= 0.6 is 22.9 Å². The van der Waals surface area contributed by atoms with E-state index >= 15 is 0 Å². The number of hydrogen-bond acceptors (Lipinski definition) is 3. The Balaban J connectivity index is 1.99.